The molecule has 5 rings (SSSR count). The van der Waals surface area contributed by atoms with Crippen molar-refractivity contribution in [3.05, 3.63) is 54.2 Å². The second-order valence-electron chi connectivity index (χ2n) is 8.09. The number of hydrogen-bond donors (Lipinski definition) is 1. The summed E-state index contributed by atoms with van der Waals surface area (Å²) < 4.78 is 28.8. The van der Waals surface area contributed by atoms with Gasteiger partial charge in [0.15, 0.2) is 11.5 Å². The van der Waals surface area contributed by atoms with Crippen LogP contribution >= 0.6 is 0 Å². The van der Waals surface area contributed by atoms with Gasteiger partial charge in [0.2, 0.25) is 0 Å². The van der Waals surface area contributed by atoms with Gasteiger partial charge in [0.25, 0.3) is 0 Å². The molecule has 0 bridgehead atoms. The highest BCUT2D eigenvalue weighted by molar-refractivity contribution is 5.86. The van der Waals surface area contributed by atoms with Gasteiger partial charge in [0, 0.05) is 24.2 Å². The van der Waals surface area contributed by atoms with Crippen LogP contribution < -0.4 is 24.3 Å². The Morgan fingerprint density at radius 2 is 1.94 bits per heavy atom. The molecule has 2 atom stereocenters. The summed E-state index contributed by atoms with van der Waals surface area (Å²) in [6.45, 7) is 3.18. The molecule has 7 heteroatoms. The topological polar surface area (TPSA) is 71.1 Å². The van der Waals surface area contributed by atoms with E-state index in [1.54, 1.807) is 13.3 Å². The van der Waals surface area contributed by atoms with Crippen molar-refractivity contribution in [2.45, 2.75) is 31.5 Å². The van der Waals surface area contributed by atoms with Gasteiger partial charge in [-0.1, -0.05) is 6.07 Å². The van der Waals surface area contributed by atoms with Crippen molar-refractivity contribution < 1.29 is 23.7 Å². The molecule has 0 spiro atoms. The lowest BCUT2D eigenvalue weighted by Crippen LogP contribution is -2.41. The van der Waals surface area contributed by atoms with E-state index in [2.05, 4.69) is 22.4 Å². The molecule has 1 N–H and O–H groups in total. The summed E-state index contributed by atoms with van der Waals surface area (Å²) in [5.74, 6) is 3.24. The largest absolute Gasteiger partial charge is 0.497 e. The number of benzene rings is 2. The maximum absolute atomic E-state index is 6.11. The van der Waals surface area contributed by atoms with Crippen LogP contribution in [0.1, 0.15) is 18.4 Å². The van der Waals surface area contributed by atoms with Crippen molar-refractivity contribution in [3.63, 3.8) is 0 Å². The first-order valence-corrected chi connectivity index (χ1v) is 11.1. The van der Waals surface area contributed by atoms with Crippen LogP contribution in [-0.2, 0) is 11.3 Å². The molecule has 2 aliphatic heterocycles. The Hall–Kier alpha value is -3.03. The molecule has 1 aromatic heterocycles. The summed E-state index contributed by atoms with van der Waals surface area (Å²) in [5, 5.41) is 4.54. The molecule has 2 aromatic carbocycles. The van der Waals surface area contributed by atoms with Crippen LogP contribution in [0.5, 0.6) is 23.0 Å². The first kappa shape index (κ1) is 20.8. The fourth-order valence-electron chi connectivity index (χ4n) is 4.09. The smallest absolute Gasteiger partial charge is 0.161 e. The third-order valence-corrected chi connectivity index (χ3v) is 5.91. The monoisotopic (exact) mass is 436 g/mol. The van der Waals surface area contributed by atoms with Gasteiger partial charge >= 0.3 is 0 Å². The Bertz CT molecular complexity index is 1070. The number of rotatable bonds is 7. The van der Waals surface area contributed by atoms with Crippen molar-refractivity contribution in [1.29, 1.82) is 0 Å². The van der Waals surface area contributed by atoms with E-state index in [9.17, 15) is 0 Å². The molecule has 0 radical (unpaired) electrons. The lowest BCUT2D eigenvalue weighted by atomic mass is 10.0. The Morgan fingerprint density at radius 3 is 2.78 bits per heavy atom. The van der Waals surface area contributed by atoms with Crippen molar-refractivity contribution in [2.24, 2.45) is 0 Å². The molecule has 168 valence electrons. The molecule has 1 saturated heterocycles. The SMILES string of the molecule is COc1ccc2nccc(OC[C@@H]3CC[C@@H](NCc4ccc5c(c4)OCCO5)CO3)c2c1. The average molecular weight is 437 g/mol. The van der Waals surface area contributed by atoms with Crippen molar-refractivity contribution in [2.75, 3.05) is 33.5 Å². The molecule has 2 aliphatic rings. The van der Waals surface area contributed by atoms with E-state index in [4.69, 9.17) is 23.7 Å². The number of fused-ring (bicyclic) bond motifs is 2. The van der Waals surface area contributed by atoms with E-state index < -0.39 is 0 Å². The van der Waals surface area contributed by atoms with E-state index in [1.807, 2.05) is 30.3 Å². The van der Waals surface area contributed by atoms with Crippen LogP contribution in [0.15, 0.2) is 48.7 Å². The fraction of sp³-hybridized carbons (Fsp3) is 0.400. The fourth-order valence-corrected chi connectivity index (χ4v) is 4.09. The molecule has 0 saturated carbocycles. The zero-order valence-corrected chi connectivity index (χ0v) is 18.2. The summed E-state index contributed by atoms with van der Waals surface area (Å²) in [5.41, 5.74) is 2.07. The zero-order valence-electron chi connectivity index (χ0n) is 18.2. The van der Waals surface area contributed by atoms with E-state index in [0.717, 1.165) is 53.3 Å². The van der Waals surface area contributed by atoms with E-state index in [-0.39, 0.29) is 6.10 Å². The number of nitrogens with zero attached hydrogens (tertiary/aromatic N) is 1. The van der Waals surface area contributed by atoms with Gasteiger partial charge in [0.1, 0.15) is 31.3 Å². The summed E-state index contributed by atoms with van der Waals surface area (Å²) in [7, 11) is 1.66. The Balaban J connectivity index is 1.10. The summed E-state index contributed by atoms with van der Waals surface area (Å²) in [4.78, 5) is 4.40. The third-order valence-electron chi connectivity index (χ3n) is 5.91. The Morgan fingerprint density at radius 1 is 1.03 bits per heavy atom. The molecular weight excluding hydrogens is 408 g/mol. The molecule has 0 amide bonds. The third kappa shape index (κ3) is 4.74. The van der Waals surface area contributed by atoms with Gasteiger partial charge in [-0.2, -0.15) is 0 Å². The first-order valence-electron chi connectivity index (χ1n) is 11.1. The maximum Gasteiger partial charge on any atom is 0.161 e. The molecule has 3 heterocycles. The van der Waals surface area contributed by atoms with Crippen molar-refractivity contribution in [1.82, 2.24) is 10.3 Å². The highest BCUT2D eigenvalue weighted by Crippen LogP contribution is 2.31. The zero-order chi connectivity index (χ0) is 21.8. The molecule has 3 aromatic rings. The minimum Gasteiger partial charge on any atom is -0.497 e. The Labute approximate surface area is 187 Å². The second kappa shape index (κ2) is 9.63. The lowest BCUT2D eigenvalue weighted by Gasteiger charge is -2.30. The standard InChI is InChI=1S/C25H28N2O5/c1-28-19-5-6-22-21(13-19)23(8-9-26-22)32-16-20-4-3-18(15-31-20)27-14-17-2-7-24-25(12-17)30-11-10-29-24/h2,5-9,12-13,18,20,27H,3-4,10-11,14-16H2,1H3/t18-,20+/m1/s1. The number of nitrogens with one attached hydrogen (secondary N) is 1. The summed E-state index contributed by atoms with van der Waals surface area (Å²) in [6, 6.07) is 14.1. The molecule has 32 heavy (non-hydrogen) atoms. The maximum atomic E-state index is 6.11. The van der Waals surface area contributed by atoms with E-state index in [0.29, 0.717) is 32.5 Å². The van der Waals surface area contributed by atoms with Gasteiger partial charge in [-0.25, -0.2) is 0 Å². The van der Waals surface area contributed by atoms with Gasteiger partial charge in [-0.3, -0.25) is 4.98 Å². The van der Waals surface area contributed by atoms with E-state index >= 15 is 0 Å². The van der Waals surface area contributed by atoms with Gasteiger partial charge in [-0.15, -0.1) is 0 Å². The number of methoxy groups -OCH3 is 1. The number of ether oxygens (including phenoxy) is 5. The number of aromatic nitrogens is 1. The number of pyridine rings is 1. The normalized spacial score (nSPS) is 20.2. The van der Waals surface area contributed by atoms with Gasteiger partial charge in [-0.05, 0) is 54.8 Å². The van der Waals surface area contributed by atoms with Crippen LogP contribution in [0.3, 0.4) is 0 Å². The molecule has 1 fully saturated rings. The summed E-state index contributed by atoms with van der Waals surface area (Å²) in [6.07, 6.45) is 3.84. The molecule has 0 unspecified atom stereocenters. The summed E-state index contributed by atoms with van der Waals surface area (Å²) >= 11 is 0. The van der Waals surface area contributed by atoms with Crippen molar-refractivity contribution in [3.8, 4) is 23.0 Å². The minimum atomic E-state index is 0.0798. The quantitative estimate of drug-likeness (QED) is 0.605. The minimum absolute atomic E-state index is 0.0798. The van der Waals surface area contributed by atoms with Crippen LogP contribution in [0, 0.1) is 0 Å². The predicted octanol–water partition coefficient (Wildman–Crippen LogP) is 3.73. The second-order valence-corrected chi connectivity index (χ2v) is 8.09. The number of hydrogen-bond acceptors (Lipinski definition) is 7. The highest BCUT2D eigenvalue weighted by atomic mass is 16.6. The van der Waals surface area contributed by atoms with Gasteiger partial charge < -0.3 is 29.0 Å². The first-order chi connectivity index (χ1) is 15.8. The van der Waals surface area contributed by atoms with E-state index in [1.165, 1.54) is 5.56 Å². The molecule has 0 aliphatic carbocycles. The highest BCUT2D eigenvalue weighted by Gasteiger charge is 2.22. The van der Waals surface area contributed by atoms with Crippen LogP contribution in [0.2, 0.25) is 0 Å². The van der Waals surface area contributed by atoms with Crippen LogP contribution in [-0.4, -0.2) is 50.7 Å². The molecular formula is C25H28N2O5. The Kier molecular flexibility index (Phi) is 6.27. The van der Waals surface area contributed by atoms with Crippen molar-refractivity contribution >= 4 is 10.9 Å². The lowest BCUT2D eigenvalue weighted by molar-refractivity contribution is -0.0261. The van der Waals surface area contributed by atoms with Crippen LogP contribution in [0.25, 0.3) is 10.9 Å². The average Bonchev–Trinajstić information content (AvgIpc) is 2.86. The van der Waals surface area contributed by atoms with Gasteiger partial charge in [0.05, 0.1) is 25.3 Å². The molecule has 7 nitrogen and oxygen atoms in total. The van der Waals surface area contributed by atoms with Crippen LogP contribution in [0.4, 0.5) is 0 Å². The predicted molar refractivity (Wildman–Crippen MR) is 121 cm³/mol.